The minimum Gasteiger partial charge on any atom is -0.490 e. The average Bonchev–Trinajstić information content (AvgIpc) is 2.73. The van der Waals surface area contributed by atoms with E-state index in [1.54, 1.807) is 12.1 Å². The molecule has 7 nitrogen and oxygen atoms in total. The number of nitrogens with zero attached hydrogens (tertiary/aromatic N) is 1. The van der Waals surface area contributed by atoms with Crippen LogP contribution in [-0.2, 0) is 14.3 Å². The first-order valence-corrected chi connectivity index (χ1v) is 10.5. The molecule has 0 aliphatic carbocycles. The lowest BCUT2D eigenvalue weighted by Crippen LogP contribution is -2.15. The normalized spacial score (nSPS) is 10.8. The third kappa shape index (κ3) is 6.72. The summed E-state index contributed by atoms with van der Waals surface area (Å²) in [5.74, 6) is -0.229. The van der Waals surface area contributed by atoms with Crippen molar-refractivity contribution in [1.29, 1.82) is 5.26 Å². The van der Waals surface area contributed by atoms with Crippen molar-refractivity contribution in [3.8, 4) is 17.6 Å². The number of hydrogen-bond donors (Lipinski definition) is 1. The number of halogens is 1. The highest BCUT2D eigenvalue weighted by atomic mass is 127. The number of carbonyl (C=O) groups excluding carboxylic acids is 2. The van der Waals surface area contributed by atoms with Crippen molar-refractivity contribution in [2.75, 3.05) is 25.6 Å². The van der Waals surface area contributed by atoms with Crippen LogP contribution in [0.3, 0.4) is 0 Å². The fourth-order valence-corrected chi connectivity index (χ4v) is 3.42. The van der Waals surface area contributed by atoms with Gasteiger partial charge < -0.3 is 19.5 Å². The van der Waals surface area contributed by atoms with Crippen LogP contribution in [0.25, 0.3) is 6.08 Å². The first-order chi connectivity index (χ1) is 14.8. The smallest absolute Gasteiger partial charge is 0.343 e. The van der Waals surface area contributed by atoms with Gasteiger partial charge in [-0.25, -0.2) is 4.79 Å². The highest BCUT2D eigenvalue weighted by Gasteiger charge is 2.16. The zero-order valence-electron chi connectivity index (χ0n) is 17.7. The molecule has 0 aromatic heterocycles. The van der Waals surface area contributed by atoms with Gasteiger partial charge in [0, 0.05) is 5.69 Å². The van der Waals surface area contributed by atoms with Crippen molar-refractivity contribution in [2.45, 2.75) is 20.8 Å². The Morgan fingerprint density at radius 3 is 2.58 bits per heavy atom. The summed E-state index contributed by atoms with van der Waals surface area (Å²) in [5.41, 5.74) is 3.09. The summed E-state index contributed by atoms with van der Waals surface area (Å²) in [6.45, 7) is 5.74. The average molecular weight is 534 g/mol. The van der Waals surface area contributed by atoms with Crippen molar-refractivity contribution in [1.82, 2.24) is 0 Å². The summed E-state index contributed by atoms with van der Waals surface area (Å²) in [6, 6.07) is 11.1. The Balaban J connectivity index is 2.34. The second-order valence-corrected chi connectivity index (χ2v) is 7.73. The molecule has 0 aliphatic heterocycles. The number of ether oxygens (including phenoxy) is 3. The van der Waals surface area contributed by atoms with E-state index in [0.29, 0.717) is 32.9 Å². The van der Waals surface area contributed by atoms with E-state index in [9.17, 15) is 14.9 Å². The van der Waals surface area contributed by atoms with Crippen LogP contribution in [0.4, 0.5) is 5.69 Å². The van der Waals surface area contributed by atoms with E-state index in [0.717, 1.165) is 11.1 Å². The van der Waals surface area contributed by atoms with Crippen LogP contribution in [0.1, 0.15) is 23.6 Å². The lowest BCUT2D eigenvalue weighted by molar-refractivity contribution is -0.142. The van der Waals surface area contributed by atoms with E-state index in [-0.39, 0.29) is 12.2 Å². The molecule has 0 aliphatic rings. The van der Waals surface area contributed by atoms with E-state index in [1.165, 1.54) is 13.2 Å². The van der Waals surface area contributed by atoms with Crippen molar-refractivity contribution < 1.29 is 23.8 Å². The predicted octanol–water partition coefficient (Wildman–Crippen LogP) is 4.40. The second-order valence-electron chi connectivity index (χ2n) is 6.57. The van der Waals surface area contributed by atoms with Crippen LogP contribution >= 0.6 is 22.6 Å². The maximum atomic E-state index is 12.7. The number of anilines is 1. The van der Waals surface area contributed by atoms with Crippen molar-refractivity contribution in [3.63, 3.8) is 0 Å². The van der Waals surface area contributed by atoms with Gasteiger partial charge in [0.2, 0.25) is 0 Å². The van der Waals surface area contributed by atoms with Gasteiger partial charge in [0.05, 0.1) is 17.3 Å². The molecule has 0 heterocycles. The number of nitrogens with one attached hydrogen (secondary N) is 1. The summed E-state index contributed by atoms with van der Waals surface area (Å²) in [7, 11) is 1.28. The van der Waals surface area contributed by atoms with Crippen LogP contribution in [0.15, 0.2) is 35.9 Å². The van der Waals surface area contributed by atoms with Gasteiger partial charge in [0.15, 0.2) is 18.1 Å². The number of nitriles is 1. The summed E-state index contributed by atoms with van der Waals surface area (Å²) in [4.78, 5) is 24.1. The summed E-state index contributed by atoms with van der Waals surface area (Å²) in [6.07, 6.45) is 1.48. The predicted molar refractivity (Wildman–Crippen MR) is 126 cm³/mol. The number of amides is 1. The van der Waals surface area contributed by atoms with E-state index in [1.807, 2.05) is 67.6 Å². The lowest BCUT2D eigenvalue weighted by atomic mass is 10.1. The van der Waals surface area contributed by atoms with E-state index in [4.69, 9.17) is 9.47 Å². The van der Waals surface area contributed by atoms with Crippen molar-refractivity contribution >= 4 is 46.2 Å². The first kappa shape index (κ1) is 24.2. The Kier molecular flexibility index (Phi) is 8.88. The van der Waals surface area contributed by atoms with Gasteiger partial charge in [-0.3, -0.25) is 4.79 Å². The fourth-order valence-electron chi connectivity index (χ4n) is 2.64. The van der Waals surface area contributed by atoms with Crippen LogP contribution in [0.2, 0.25) is 0 Å². The largest absolute Gasteiger partial charge is 0.490 e. The number of benzene rings is 2. The quantitative estimate of drug-likeness (QED) is 0.233. The maximum absolute atomic E-state index is 12.7. The van der Waals surface area contributed by atoms with Crippen LogP contribution < -0.4 is 14.8 Å². The number of hydrogen-bond acceptors (Lipinski definition) is 6. The highest BCUT2D eigenvalue weighted by Crippen LogP contribution is 2.35. The van der Waals surface area contributed by atoms with E-state index < -0.39 is 11.9 Å². The van der Waals surface area contributed by atoms with Crippen LogP contribution in [-0.4, -0.2) is 32.2 Å². The molecule has 0 atom stereocenters. The summed E-state index contributed by atoms with van der Waals surface area (Å²) in [5, 5.41) is 12.3. The number of methoxy groups -OCH3 is 1. The molecule has 0 bridgehead atoms. The molecule has 0 unspecified atom stereocenters. The van der Waals surface area contributed by atoms with Gasteiger partial charge in [-0.1, -0.05) is 12.1 Å². The molecule has 0 radical (unpaired) electrons. The molecule has 2 aromatic carbocycles. The van der Waals surface area contributed by atoms with Crippen molar-refractivity contribution in [3.05, 3.63) is 56.2 Å². The van der Waals surface area contributed by atoms with Crippen LogP contribution in [0.5, 0.6) is 11.5 Å². The maximum Gasteiger partial charge on any atom is 0.343 e. The zero-order chi connectivity index (χ0) is 23.0. The standard InChI is InChI=1S/C23H23IN2O5/c1-5-30-20-11-16(10-18(24)22(20)31-13-21(27)29-4)9-17(12-25)23(28)26-19-8-14(2)6-7-15(19)3/h6-11H,5,13H2,1-4H3,(H,26,28)/b17-9+. The topological polar surface area (TPSA) is 97.6 Å². The van der Waals surface area contributed by atoms with Gasteiger partial charge in [0.25, 0.3) is 5.91 Å². The zero-order valence-corrected chi connectivity index (χ0v) is 19.9. The molecular weight excluding hydrogens is 511 g/mol. The number of esters is 1. The van der Waals surface area contributed by atoms with Gasteiger partial charge in [-0.2, -0.15) is 5.26 Å². The molecule has 8 heteroatoms. The molecule has 1 N–H and O–H groups in total. The van der Waals surface area contributed by atoms with E-state index >= 15 is 0 Å². The number of aryl methyl sites for hydroxylation is 2. The third-order valence-corrected chi connectivity index (χ3v) is 5.01. The van der Waals surface area contributed by atoms with Gasteiger partial charge in [-0.15, -0.1) is 0 Å². The summed E-state index contributed by atoms with van der Waals surface area (Å²) < 4.78 is 16.4. The SMILES string of the molecule is CCOc1cc(/C=C(\C#N)C(=O)Nc2cc(C)ccc2C)cc(I)c1OCC(=O)OC. The molecule has 2 rings (SSSR count). The fraction of sp³-hybridized carbons (Fsp3) is 0.261. The Morgan fingerprint density at radius 2 is 1.94 bits per heavy atom. The second kappa shape index (κ2) is 11.4. The minimum absolute atomic E-state index is 0.0533. The van der Waals surface area contributed by atoms with Gasteiger partial charge >= 0.3 is 5.97 Å². The summed E-state index contributed by atoms with van der Waals surface area (Å²) >= 11 is 2.04. The third-order valence-electron chi connectivity index (χ3n) is 4.21. The van der Waals surface area contributed by atoms with E-state index in [2.05, 4.69) is 10.1 Å². The molecule has 162 valence electrons. The molecule has 0 saturated heterocycles. The Hall–Kier alpha value is -3.06. The molecule has 0 fully saturated rings. The first-order valence-electron chi connectivity index (χ1n) is 9.45. The molecule has 0 saturated carbocycles. The minimum atomic E-state index is -0.517. The highest BCUT2D eigenvalue weighted by molar-refractivity contribution is 14.1. The Bertz CT molecular complexity index is 1060. The lowest BCUT2D eigenvalue weighted by Gasteiger charge is -2.14. The van der Waals surface area contributed by atoms with Crippen LogP contribution in [0, 0.1) is 28.7 Å². The van der Waals surface area contributed by atoms with Gasteiger partial charge in [0.1, 0.15) is 11.6 Å². The monoisotopic (exact) mass is 534 g/mol. The molecule has 2 aromatic rings. The molecule has 31 heavy (non-hydrogen) atoms. The number of rotatable bonds is 8. The Labute approximate surface area is 195 Å². The van der Waals surface area contributed by atoms with Crippen molar-refractivity contribution in [2.24, 2.45) is 0 Å². The Morgan fingerprint density at radius 1 is 1.19 bits per heavy atom. The molecular formula is C23H23IN2O5. The molecule has 0 spiro atoms. The number of carbonyl (C=O) groups is 2. The molecule has 1 amide bonds. The van der Waals surface area contributed by atoms with Gasteiger partial charge in [-0.05, 0) is 84.3 Å².